The van der Waals surface area contributed by atoms with Crippen LogP contribution < -0.4 is 11.1 Å². The first-order chi connectivity index (χ1) is 8.66. The molecular formula is C14H27ClN2O2. The molecule has 2 saturated carbocycles. The molecule has 112 valence electrons. The lowest BCUT2D eigenvalue weighted by molar-refractivity contribution is -0.122. The summed E-state index contributed by atoms with van der Waals surface area (Å²) in [6, 6.07) is 0.196. The minimum Gasteiger partial charge on any atom is -0.393 e. The lowest BCUT2D eigenvalue weighted by atomic mass is 9.83. The molecule has 2 aliphatic carbocycles. The van der Waals surface area contributed by atoms with Gasteiger partial charge in [-0.05, 0) is 31.6 Å². The maximum atomic E-state index is 11.9. The minimum absolute atomic E-state index is 0. The summed E-state index contributed by atoms with van der Waals surface area (Å²) < 4.78 is 0. The van der Waals surface area contributed by atoms with Gasteiger partial charge in [-0.3, -0.25) is 4.79 Å². The van der Waals surface area contributed by atoms with Crippen molar-refractivity contribution in [3.05, 3.63) is 0 Å². The summed E-state index contributed by atoms with van der Waals surface area (Å²) >= 11 is 0. The Hall–Kier alpha value is -0.320. The van der Waals surface area contributed by atoms with Gasteiger partial charge >= 0.3 is 0 Å². The van der Waals surface area contributed by atoms with Crippen LogP contribution in [0.2, 0.25) is 0 Å². The Labute approximate surface area is 121 Å². The Balaban J connectivity index is 0.00000180. The number of halogens is 1. The van der Waals surface area contributed by atoms with E-state index in [9.17, 15) is 9.90 Å². The van der Waals surface area contributed by atoms with Gasteiger partial charge in [0.1, 0.15) is 0 Å². The number of hydrogen-bond acceptors (Lipinski definition) is 3. The van der Waals surface area contributed by atoms with Crippen LogP contribution in [0.25, 0.3) is 0 Å². The maximum Gasteiger partial charge on any atom is 0.220 e. The van der Waals surface area contributed by atoms with Gasteiger partial charge in [0.15, 0.2) is 0 Å². The topological polar surface area (TPSA) is 75.4 Å². The first kappa shape index (κ1) is 16.7. The number of nitrogens with one attached hydrogen (secondary N) is 1. The highest BCUT2D eigenvalue weighted by molar-refractivity contribution is 5.85. The molecule has 0 heterocycles. The number of rotatable bonds is 4. The van der Waals surface area contributed by atoms with Crippen molar-refractivity contribution in [3.8, 4) is 0 Å². The summed E-state index contributed by atoms with van der Waals surface area (Å²) in [6.07, 6.45) is 7.88. The fourth-order valence-corrected chi connectivity index (χ4v) is 3.30. The van der Waals surface area contributed by atoms with E-state index in [1.165, 1.54) is 12.8 Å². The third-order valence-electron chi connectivity index (χ3n) is 4.60. The van der Waals surface area contributed by atoms with Crippen molar-refractivity contribution in [2.24, 2.45) is 17.6 Å². The van der Waals surface area contributed by atoms with Crippen LogP contribution in [0.5, 0.6) is 0 Å². The number of carbonyl (C=O) groups is 1. The van der Waals surface area contributed by atoms with Crippen LogP contribution in [0.3, 0.4) is 0 Å². The summed E-state index contributed by atoms with van der Waals surface area (Å²) in [6.45, 7) is 0.627. The Morgan fingerprint density at radius 1 is 1.11 bits per heavy atom. The van der Waals surface area contributed by atoms with Gasteiger partial charge in [0.25, 0.3) is 0 Å². The monoisotopic (exact) mass is 290 g/mol. The number of carbonyl (C=O) groups excluding carboxylic acids is 1. The second-order valence-electron chi connectivity index (χ2n) is 5.97. The largest absolute Gasteiger partial charge is 0.393 e. The average molecular weight is 291 g/mol. The fourth-order valence-electron chi connectivity index (χ4n) is 3.30. The van der Waals surface area contributed by atoms with Gasteiger partial charge in [-0.15, -0.1) is 12.4 Å². The van der Waals surface area contributed by atoms with E-state index in [2.05, 4.69) is 5.32 Å². The molecule has 0 aromatic heterocycles. The van der Waals surface area contributed by atoms with E-state index in [0.29, 0.717) is 18.9 Å². The predicted octanol–water partition coefficient (Wildman–Crippen LogP) is 1.59. The van der Waals surface area contributed by atoms with E-state index >= 15 is 0 Å². The van der Waals surface area contributed by atoms with Gasteiger partial charge in [0.05, 0.1) is 6.10 Å². The van der Waals surface area contributed by atoms with Gasteiger partial charge in [0.2, 0.25) is 5.91 Å². The van der Waals surface area contributed by atoms with Crippen LogP contribution in [-0.4, -0.2) is 29.7 Å². The van der Waals surface area contributed by atoms with Crippen LogP contribution in [-0.2, 0) is 4.79 Å². The number of aliphatic hydroxyl groups excluding tert-OH is 1. The molecule has 0 aliphatic heterocycles. The van der Waals surface area contributed by atoms with E-state index in [0.717, 1.165) is 32.1 Å². The molecule has 0 bridgehead atoms. The molecular weight excluding hydrogens is 264 g/mol. The van der Waals surface area contributed by atoms with E-state index in [4.69, 9.17) is 5.73 Å². The zero-order valence-corrected chi connectivity index (χ0v) is 12.3. The van der Waals surface area contributed by atoms with E-state index in [-0.39, 0.29) is 36.4 Å². The number of hydrogen-bond donors (Lipinski definition) is 3. The highest BCUT2D eigenvalue weighted by atomic mass is 35.5. The molecule has 4 unspecified atom stereocenters. The zero-order chi connectivity index (χ0) is 13.0. The maximum absolute atomic E-state index is 11.9. The normalized spacial score (nSPS) is 34.6. The third kappa shape index (κ3) is 4.93. The molecule has 0 saturated heterocycles. The quantitative estimate of drug-likeness (QED) is 0.736. The first-order valence-corrected chi connectivity index (χ1v) is 7.37. The van der Waals surface area contributed by atoms with Gasteiger partial charge in [-0.25, -0.2) is 0 Å². The van der Waals surface area contributed by atoms with Crippen LogP contribution in [0.4, 0.5) is 0 Å². The van der Waals surface area contributed by atoms with Gasteiger partial charge in [-0.1, -0.05) is 19.3 Å². The summed E-state index contributed by atoms with van der Waals surface area (Å²) in [5.74, 6) is 0.720. The van der Waals surface area contributed by atoms with Crippen LogP contribution in [0.15, 0.2) is 0 Å². The molecule has 0 aromatic rings. The van der Waals surface area contributed by atoms with Crippen molar-refractivity contribution in [1.29, 1.82) is 0 Å². The predicted molar refractivity (Wildman–Crippen MR) is 78.2 cm³/mol. The van der Waals surface area contributed by atoms with Gasteiger partial charge in [-0.2, -0.15) is 0 Å². The van der Waals surface area contributed by atoms with E-state index in [1.54, 1.807) is 0 Å². The van der Waals surface area contributed by atoms with Gasteiger partial charge in [0, 0.05) is 24.9 Å². The fraction of sp³-hybridized carbons (Fsp3) is 0.929. The van der Waals surface area contributed by atoms with Crippen molar-refractivity contribution >= 4 is 18.3 Å². The van der Waals surface area contributed by atoms with Crippen molar-refractivity contribution < 1.29 is 9.90 Å². The lowest BCUT2D eigenvalue weighted by Crippen LogP contribution is -2.38. The van der Waals surface area contributed by atoms with Gasteiger partial charge < -0.3 is 16.2 Å². The number of nitrogens with two attached hydrogens (primary N) is 1. The zero-order valence-electron chi connectivity index (χ0n) is 11.5. The first-order valence-electron chi connectivity index (χ1n) is 7.37. The van der Waals surface area contributed by atoms with Crippen LogP contribution in [0, 0.1) is 11.8 Å². The Morgan fingerprint density at radius 2 is 1.79 bits per heavy atom. The molecule has 5 heteroatoms. The molecule has 4 N–H and O–H groups in total. The summed E-state index contributed by atoms with van der Waals surface area (Å²) in [4.78, 5) is 11.9. The Bertz CT molecular complexity index is 289. The number of aliphatic hydroxyl groups is 1. The highest BCUT2D eigenvalue weighted by Crippen LogP contribution is 2.26. The molecule has 2 fully saturated rings. The van der Waals surface area contributed by atoms with Crippen molar-refractivity contribution in [2.75, 3.05) is 6.54 Å². The van der Waals surface area contributed by atoms with Crippen molar-refractivity contribution in [1.82, 2.24) is 5.32 Å². The Kier molecular flexibility index (Phi) is 7.11. The average Bonchev–Trinajstić information content (AvgIpc) is 2.75. The standard InChI is InChI=1S/C14H26N2O2.ClH/c15-12-6-2-1-4-10(12)8-14(18)16-9-11-5-3-7-13(11)17;/h10-13,17H,1-9,15H2,(H,16,18);1H. The second-order valence-corrected chi connectivity index (χ2v) is 5.97. The number of amides is 1. The second kappa shape index (κ2) is 8.08. The Morgan fingerprint density at radius 3 is 2.42 bits per heavy atom. The van der Waals surface area contributed by atoms with Crippen molar-refractivity contribution in [2.45, 2.75) is 63.5 Å². The summed E-state index contributed by atoms with van der Waals surface area (Å²) in [5, 5.41) is 12.7. The minimum atomic E-state index is -0.220. The SMILES string of the molecule is Cl.NC1CCCCC1CC(=O)NCC1CCCC1O. The van der Waals surface area contributed by atoms with Crippen molar-refractivity contribution in [3.63, 3.8) is 0 Å². The molecule has 0 aromatic carbocycles. The summed E-state index contributed by atoms with van der Waals surface area (Å²) in [7, 11) is 0. The molecule has 0 radical (unpaired) electrons. The molecule has 2 aliphatic rings. The molecule has 1 amide bonds. The molecule has 4 nitrogen and oxygen atoms in total. The van der Waals surface area contributed by atoms with E-state index < -0.39 is 0 Å². The summed E-state index contributed by atoms with van der Waals surface area (Å²) in [5.41, 5.74) is 6.05. The van der Waals surface area contributed by atoms with Crippen LogP contribution >= 0.6 is 12.4 Å². The third-order valence-corrected chi connectivity index (χ3v) is 4.60. The molecule has 19 heavy (non-hydrogen) atoms. The molecule has 4 atom stereocenters. The lowest BCUT2D eigenvalue weighted by Gasteiger charge is -2.28. The van der Waals surface area contributed by atoms with Crippen LogP contribution in [0.1, 0.15) is 51.4 Å². The van der Waals surface area contributed by atoms with E-state index in [1.807, 2.05) is 0 Å². The highest BCUT2D eigenvalue weighted by Gasteiger charge is 2.27. The molecule has 2 rings (SSSR count). The smallest absolute Gasteiger partial charge is 0.220 e. The molecule has 0 spiro atoms.